The van der Waals surface area contributed by atoms with Gasteiger partial charge in [-0.2, -0.15) is 0 Å². The fourth-order valence-corrected chi connectivity index (χ4v) is 1.66. The largest absolute Gasteiger partial charge is 0.467 e. The SMILES string of the molecule is CCOC(=O)/C(=C1\CC[C@H](C(=O)OC)N1)[N+](=O)[O-]. The van der Waals surface area contributed by atoms with Crippen LogP contribution in [0.25, 0.3) is 0 Å². The standard InChI is InChI=1S/C10H14N2O6/c1-3-18-10(14)8(12(15)16)6-4-5-7(11-6)9(13)17-2/h7,11H,3-5H2,1-2H3/b8-6-/t7-/m1/s1. The van der Waals surface area contributed by atoms with Crippen molar-refractivity contribution in [3.8, 4) is 0 Å². The van der Waals surface area contributed by atoms with Crippen molar-refractivity contribution in [2.45, 2.75) is 25.8 Å². The zero-order valence-corrected chi connectivity index (χ0v) is 10.1. The second kappa shape index (κ2) is 5.99. The first-order chi connectivity index (χ1) is 8.51. The minimum Gasteiger partial charge on any atom is -0.467 e. The van der Waals surface area contributed by atoms with Crippen LogP contribution in [0.4, 0.5) is 0 Å². The van der Waals surface area contributed by atoms with Gasteiger partial charge in [0, 0.05) is 0 Å². The van der Waals surface area contributed by atoms with Gasteiger partial charge in [-0.3, -0.25) is 10.1 Å². The van der Waals surface area contributed by atoms with E-state index in [1.165, 1.54) is 7.11 Å². The molecule has 8 heteroatoms. The summed E-state index contributed by atoms with van der Waals surface area (Å²) >= 11 is 0. The number of nitrogens with one attached hydrogen (secondary N) is 1. The van der Waals surface area contributed by atoms with E-state index >= 15 is 0 Å². The summed E-state index contributed by atoms with van der Waals surface area (Å²) in [4.78, 5) is 32.7. The smallest absolute Gasteiger partial charge is 0.411 e. The molecule has 100 valence electrons. The zero-order valence-electron chi connectivity index (χ0n) is 10.1. The lowest BCUT2D eigenvalue weighted by molar-refractivity contribution is -0.422. The highest BCUT2D eigenvalue weighted by Gasteiger charge is 2.36. The Morgan fingerprint density at radius 3 is 2.72 bits per heavy atom. The Bertz CT molecular complexity index is 403. The molecule has 1 aliphatic rings. The molecule has 0 aromatic heterocycles. The first-order valence-corrected chi connectivity index (χ1v) is 5.40. The molecule has 18 heavy (non-hydrogen) atoms. The fraction of sp³-hybridized carbons (Fsp3) is 0.600. The molecule has 1 fully saturated rings. The molecule has 0 bridgehead atoms. The summed E-state index contributed by atoms with van der Waals surface area (Å²) in [5, 5.41) is 13.5. The highest BCUT2D eigenvalue weighted by Crippen LogP contribution is 2.21. The van der Waals surface area contributed by atoms with Crippen LogP contribution >= 0.6 is 0 Å². The molecule has 1 aliphatic heterocycles. The molecule has 0 spiro atoms. The third kappa shape index (κ3) is 2.96. The average molecular weight is 258 g/mol. The molecular formula is C10H14N2O6. The Balaban J connectivity index is 2.92. The monoisotopic (exact) mass is 258 g/mol. The van der Waals surface area contributed by atoms with Gasteiger partial charge in [-0.1, -0.05) is 0 Å². The van der Waals surface area contributed by atoms with Gasteiger partial charge in [-0.25, -0.2) is 9.59 Å². The van der Waals surface area contributed by atoms with Gasteiger partial charge in [0.05, 0.1) is 24.3 Å². The van der Waals surface area contributed by atoms with Crippen LogP contribution in [-0.4, -0.2) is 36.6 Å². The van der Waals surface area contributed by atoms with Gasteiger partial charge < -0.3 is 14.8 Å². The van der Waals surface area contributed by atoms with Crippen molar-refractivity contribution in [2.75, 3.05) is 13.7 Å². The van der Waals surface area contributed by atoms with Gasteiger partial charge in [-0.15, -0.1) is 0 Å². The third-order valence-corrected chi connectivity index (χ3v) is 2.45. The topological polar surface area (TPSA) is 108 Å². The maximum atomic E-state index is 11.4. The van der Waals surface area contributed by atoms with Crippen molar-refractivity contribution >= 4 is 11.9 Å². The number of esters is 2. The predicted molar refractivity (Wildman–Crippen MR) is 58.8 cm³/mol. The molecule has 0 aromatic rings. The molecule has 0 aliphatic carbocycles. The van der Waals surface area contributed by atoms with Crippen molar-refractivity contribution < 1.29 is 24.0 Å². The summed E-state index contributed by atoms with van der Waals surface area (Å²) in [6.07, 6.45) is 0.577. The van der Waals surface area contributed by atoms with E-state index in [1.54, 1.807) is 6.92 Å². The number of nitro groups is 1. The van der Waals surface area contributed by atoms with Gasteiger partial charge in [0.1, 0.15) is 6.04 Å². The Kier molecular flexibility index (Phi) is 4.64. The second-order valence-corrected chi connectivity index (χ2v) is 3.56. The maximum absolute atomic E-state index is 11.4. The van der Waals surface area contributed by atoms with Crippen molar-refractivity contribution in [1.82, 2.24) is 5.32 Å². The number of hydrogen-bond acceptors (Lipinski definition) is 7. The van der Waals surface area contributed by atoms with Crippen molar-refractivity contribution in [2.24, 2.45) is 0 Å². The zero-order chi connectivity index (χ0) is 13.7. The summed E-state index contributed by atoms with van der Waals surface area (Å²) in [5.74, 6) is -1.52. The van der Waals surface area contributed by atoms with Gasteiger partial charge in [0.25, 0.3) is 0 Å². The number of rotatable bonds is 4. The van der Waals surface area contributed by atoms with Gasteiger partial charge in [0.15, 0.2) is 0 Å². The number of methoxy groups -OCH3 is 1. The van der Waals surface area contributed by atoms with E-state index in [0.717, 1.165) is 0 Å². The van der Waals surface area contributed by atoms with Gasteiger partial charge >= 0.3 is 17.6 Å². The molecule has 1 N–H and O–H groups in total. The van der Waals surface area contributed by atoms with Crippen LogP contribution in [0.1, 0.15) is 19.8 Å². The minimum absolute atomic E-state index is 0.0455. The first-order valence-electron chi connectivity index (χ1n) is 5.40. The molecule has 1 heterocycles. The van der Waals surface area contributed by atoms with Crippen molar-refractivity contribution in [3.63, 3.8) is 0 Å². The van der Waals surface area contributed by atoms with E-state index < -0.39 is 28.6 Å². The minimum atomic E-state index is -1.00. The molecule has 0 unspecified atom stereocenters. The van der Waals surface area contributed by atoms with Gasteiger partial charge in [-0.05, 0) is 19.8 Å². The number of nitrogens with zero attached hydrogens (tertiary/aromatic N) is 1. The maximum Gasteiger partial charge on any atom is 0.411 e. The van der Waals surface area contributed by atoms with E-state index in [9.17, 15) is 19.7 Å². The van der Waals surface area contributed by atoms with Crippen LogP contribution in [-0.2, 0) is 19.1 Å². The summed E-state index contributed by atoms with van der Waals surface area (Å²) in [6, 6.07) is -0.658. The number of allylic oxidation sites excluding steroid dienone is 1. The molecule has 0 radical (unpaired) electrons. The highest BCUT2D eigenvalue weighted by molar-refractivity contribution is 5.87. The Labute approximate surface area is 103 Å². The summed E-state index contributed by atoms with van der Waals surface area (Å²) < 4.78 is 9.13. The summed E-state index contributed by atoms with van der Waals surface area (Å²) in [6.45, 7) is 1.60. The lowest BCUT2D eigenvalue weighted by Crippen LogP contribution is -2.32. The van der Waals surface area contributed by atoms with E-state index in [0.29, 0.717) is 6.42 Å². The van der Waals surface area contributed by atoms with Crippen molar-refractivity contribution in [3.05, 3.63) is 21.5 Å². The lowest BCUT2D eigenvalue weighted by Gasteiger charge is -2.08. The number of carbonyl (C=O) groups is 2. The molecule has 1 saturated heterocycles. The van der Waals surface area contributed by atoms with E-state index in [-0.39, 0.29) is 18.7 Å². The Morgan fingerprint density at radius 2 is 2.22 bits per heavy atom. The normalized spacial score (nSPS) is 20.9. The third-order valence-electron chi connectivity index (χ3n) is 2.45. The number of hydrogen-bond donors (Lipinski definition) is 1. The number of carbonyl (C=O) groups excluding carboxylic acids is 2. The Hall–Kier alpha value is -2.12. The average Bonchev–Trinajstić information content (AvgIpc) is 2.77. The lowest BCUT2D eigenvalue weighted by atomic mass is 10.2. The second-order valence-electron chi connectivity index (χ2n) is 3.56. The van der Waals surface area contributed by atoms with Crippen molar-refractivity contribution in [1.29, 1.82) is 0 Å². The summed E-state index contributed by atoms with van der Waals surface area (Å²) in [7, 11) is 1.23. The fourth-order valence-electron chi connectivity index (χ4n) is 1.66. The first kappa shape index (κ1) is 13.9. The molecular weight excluding hydrogens is 244 g/mol. The molecule has 0 amide bonds. The number of ether oxygens (including phenoxy) is 2. The van der Waals surface area contributed by atoms with E-state index in [4.69, 9.17) is 0 Å². The van der Waals surface area contributed by atoms with E-state index in [2.05, 4.69) is 14.8 Å². The highest BCUT2D eigenvalue weighted by atomic mass is 16.6. The van der Waals surface area contributed by atoms with Crippen LogP contribution < -0.4 is 5.32 Å². The summed E-state index contributed by atoms with van der Waals surface area (Å²) in [5.41, 5.74) is -0.544. The van der Waals surface area contributed by atoms with Crippen LogP contribution in [0.15, 0.2) is 11.4 Å². The Morgan fingerprint density at radius 1 is 1.56 bits per heavy atom. The van der Waals surface area contributed by atoms with Crippen LogP contribution in [0.3, 0.4) is 0 Å². The predicted octanol–water partition coefficient (Wildman–Crippen LogP) is -0.0372. The van der Waals surface area contributed by atoms with E-state index in [1.807, 2.05) is 0 Å². The van der Waals surface area contributed by atoms with Gasteiger partial charge in [0.2, 0.25) is 0 Å². The molecule has 0 aromatic carbocycles. The quantitative estimate of drug-likeness (QED) is 0.326. The van der Waals surface area contributed by atoms with Crippen LogP contribution in [0, 0.1) is 10.1 Å². The molecule has 0 saturated carbocycles. The molecule has 8 nitrogen and oxygen atoms in total. The van der Waals surface area contributed by atoms with Crippen LogP contribution in [0.5, 0.6) is 0 Å². The van der Waals surface area contributed by atoms with Crippen LogP contribution in [0.2, 0.25) is 0 Å². The molecule has 1 atom stereocenters. The molecule has 1 rings (SSSR count).